The second kappa shape index (κ2) is 72.5. The molecule has 1 atom stereocenters. The van der Waals surface area contributed by atoms with Gasteiger partial charge in [-0.15, -0.1) is 0 Å². The summed E-state index contributed by atoms with van der Waals surface area (Å²) in [5, 5.41) is 10.1. The monoisotopic (exact) mass is 1100 g/mol. The van der Waals surface area contributed by atoms with Crippen molar-refractivity contribution in [3.05, 3.63) is 0 Å². The van der Waals surface area contributed by atoms with E-state index in [1.807, 2.05) is 0 Å². The molecule has 0 aliphatic rings. The average Bonchev–Trinajstić information content (AvgIpc) is 3.44. The van der Waals surface area contributed by atoms with Gasteiger partial charge < -0.3 is 9.84 Å². The Kier molecular flexibility index (Phi) is 72.0. The third-order valence-electron chi connectivity index (χ3n) is 18.1. The first-order chi connectivity index (χ1) is 38.7. The maximum Gasteiger partial charge on any atom is 0.305 e. The van der Waals surface area contributed by atoms with E-state index in [9.17, 15) is 9.90 Å². The number of hydrogen-bond acceptors (Lipinski definition) is 3. The van der Waals surface area contributed by atoms with Crippen molar-refractivity contribution in [2.24, 2.45) is 0 Å². The Balaban J connectivity index is 3.13. The highest BCUT2D eigenvalue weighted by Crippen LogP contribution is 2.21. The molecule has 0 aliphatic heterocycles. The van der Waals surface area contributed by atoms with E-state index in [1.165, 1.54) is 411 Å². The van der Waals surface area contributed by atoms with Crippen LogP contribution in [-0.4, -0.2) is 23.8 Å². The maximum atomic E-state index is 12.1. The van der Waals surface area contributed by atoms with Gasteiger partial charge in [0.1, 0.15) is 0 Å². The number of carbonyl (C=O) groups excluding carboxylic acids is 1. The van der Waals surface area contributed by atoms with E-state index in [-0.39, 0.29) is 12.1 Å². The first-order valence-corrected chi connectivity index (χ1v) is 37.5. The summed E-state index contributed by atoms with van der Waals surface area (Å²) in [6.45, 7) is 5.17. The topological polar surface area (TPSA) is 46.5 Å². The molecular formula is C75H150O3. The lowest BCUT2D eigenvalue weighted by Crippen LogP contribution is -2.06. The molecule has 0 heterocycles. The third-order valence-corrected chi connectivity index (χ3v) is 18.1. The van der Waals surface area contributed by atoms with E-state index in [1.54, 1.807) is 0 Å². The molecule has 0 aromatic rings. The fourth-order valence-corrected chi connectivity index (χ4v) is 12.5. The van der Waals surface area contributed by atoms with Crippen LogP contribution in [0.3, 0.4) is 0 Å². The quantitative estimate of drug-likeness (QED) is 0.0488. The zero-order valence-corrected chi connectivity index (χ0v) is 54.5. The average molecular weight is 1100 g/mol. The van der Waals surface area contributed by atoms with Crippen LogP contribution < -0.4 is 0 Å². The molecule has 0 amide bonds. The molecule has 3 heteroatoms. The molecular weight excluding hydrogens is 949 g/mol. The van der Waals surface area contributed by atoms with E-state index < -0.39 is 0 Å². The lowest BCUT2D eigenvalue weighted by molar-refractivity contribution is -0.143. The molecule has 0 spiro atoms. The van der Waals surface area contributed by atoms with Crippen LogP contribution in [0.4, 0.5) is 0 Å². The Morgan fingerprint density at radius 2 is 0.385 bits per heavy atom. The third kappa shape index (κ3) is 71.5. The minimum absolute atomic E-state index is 0.0103. The minimum atomic E-state index is -0.0806. The van der Waals surface area contributed by atoms with E-state index in [2.05, 4.69) is 13.8 Å². The summed E-state index contributed by atoms with van der Waals surface area (Å²) in [6, 6.07) is 0. The van der Waals surface area contributed by atoms with Gasteiger partial charge in [-0.2, -0.15) is 0 Å². The van der Waals surface area contributed by atoms with Crippen LogP contribution >= 0.6 is 0 Å². The van der Waals surface area contributed by atoms with Gasteiger partial charge in [0.25, 0.3) is 0 Å². The highest BCUT2D eigenvalue weighted by atomic mass is 16.5. The predicted octanol–water partition coefficient (Wildman–Crippen LogP) is 27.2. The van der Waals surface area contributed by atoms with Crippen molar-refractivity contribution >= 4 is 5.97 Å². The van der Waals surface area contributed by atoms with Crippen LogP contribution in [0.1, 0.15) is 463 Å². The normalized spacial score (nSPS) is 12.1. The number of carbonyl (C=O) groups is 1. The van der Waals surface area contributed by atoms with Gasteiger partial charge >= 0.3 is 5.97 Å². The Morgan fingerprint density at radius 1 is 0.231 bits per heavy atom. The fourth-order valence-electron chi connectivity index (χ4n) is 12.5. The standard InChI is InChI=1S/C75H150O3/c1-3-5-7-9-10-11-12-13-14-15-16-17-18-19-20-21-22-23-24-25-26-27-28-29-30-31-32-33-34-35-36-37-38-39-40-41-42-43-44-45-46-47-48-49-50-51-52-53-54-55-56-59-62-65-69-73-78-75(77)72-68-64-61-58-57-60-63-67-71-74(76)70-66-8-6-4-2/h74,76H,3-73H2,1-2H3. The molecule has 1 unspecified atom stereocenters. The molecule has 0 aromatic carbocycles. The molecule has 0 saturated heterocycles. The first kappa shape index (κ1) is 77.4. The van der Waals surface area contributed by atoms with Crippen molar-refractivity contribution in [1.82, 2.24) is 0 Å². The van der Waals surface area contributed by atoms with Crippen LogP contribution in [0.2, 0.25) is 0 Å². The molecule has 0 rings (SSSR count). The van der Waals surface area contributed by atoms with Crippen molar-refractivity contribution in [1.29, 1.82) is 0 Å². The Labute approximate surface area is 494 Å². The number of aliphatic hydroxyl groups is 1. The number of hydrogen-bond donors (Lipinski definition) is 1. The van der Waals surface area contributed by atoms with Crippen LogP contribution in [0.15, 0.2) is 0 Å². The number of rotatable bonds is 72. The van der Waals surface area contributed by atoms with Crippen molar-refractivity contribution in [2.45, 2.75) is 469 Å². The number of unbranched alkanes of at least 4 members (excludes halogenated alkanes) is 64. The molecule has 0 aliphatic carbocycles. The second-order valence-electron chi connectivity index (χ2n) is 26.2. The van der Waals surface area contributed by atoms with Gasteiger partial charge in [0.2, 0.25) is 0 Å². The number of esters is 1. The summed E-state index contributed by atoms with van der Waals surface area (Å²) in [4.78, 5) is 12.1. The second-order valence-corrected chi connectivity index (χ2v) is 26.2. The van der Waals surface area contributed by atoms with Gasteiger partial charge in [-0.3, -0.25) is 4.79 Å². The van der Waals surface area contributed by atoms with E-state index in [4.69, 9.17) is 4.74 Å². The lowest BCUT2D eigenvalue weighted by Gasteiger charge is -2.10. The van der Waals surface area contributed by atoms with Crippen LogP contribution in [0.25, 0.3) is 0 Å². The van der Waals surface area contributed by atoms with Gasteiger partial charge in [0.05, 0.1) is 12.7 Å². The molecule has 0 fully saturated rings. The lowest BCUT2D eigenvalue weighted by atomic mass is 10.0. The van der Waals surface area contributed by atoms with Crippen LogP contribution in [0.5, 0.6) is 0 Å². The van der Waals surface area contributed by atoms with Crippen molar-refractivity contribution in [3.63, 3.8) is 0 Å². The molecule has 0 bridgehead atoms. The maximum absolute atomic E-state index is 12.1. The van der Waals surface area contributed by atoms with Crippen molar-refractivity contribution in [2.75, 3.05) is 6.61 Å². The first-order valence-electron chi connectivity index (χ1n) is 37.5. The molecule has 1 N–H and O–H groups in total. The summed E-state index contributed by atoms with van der Waals surface area (Å²) < 4.78 is 5.50. The summed E-state index contributed by atoms with van der Waals surface area (Å²) in [6.07, 6.45) is 97.1. The van der Waals surface area contributed by atoms with E-state index >= 15 is 0 Å². The predicted molar refractivity (Wildman–Crippen MR) is 352 cm³/mol. The zero-order chi connectivity index (χ0) is 56.1. The van der Waals surface area contributed by atoms with Gasteiger partial charge in [-0.1, -0.05) is 431 Å². The van der Waals surface area contributed by atoms with Crippen LogP contribution in [0, 0.1) is 0 Å². The fraction of sp³-hybridized carbons (Fsp3) is 0.987. The smallest absolute Gasteiger partial charge is 0.305 e. The summed E-state index contributed by atoms with van der Waals surface area (Å²) in [5.41, 5.74) is 0. The Hall–Kier alpha value is -0.570. The van der Waals surface area contributed by atoms with Gasteiger partial charge in [0.15, 0.2) is 0 Å². The Morgan fingerprint density at radius 3 is 0.590 bits per heavy atom. The molecule has 0 aromatic heterocycles. The van der Waals surface area contributed by atoms with Crippen molar-refractivity contribution in [3.8, 4) is 0 Å². The molecule has 78 heavy (non-hydrogen) atoms. The largest absolute Gasteiger partial charge is 0.466 e. The van der Waals surface area contributed by atoms with E-state index in [0.717, 1.165) is 32.1 Å². The van der Waals surface area contributed by atoms with Gasteiger partial charge in [0, 0.05) is 6.42 Å². The molecule has 468 valence electrons. The number of ether oxygens (including phenoxy) is 1. The minimum Gasteiger partial charge on any atom is -0.466 e. The molecule has 3 nitrogen and oxygen atoms in total. The van der Waals surface area contributed by atoms with Gasteiger partial charge in [-0.05, 0) is 25.7 Å². The summed E-state index contributed by atoms with van der Waals surface area (Å²) >= 11 is 0. The molecule has 0 radical (unpaired) electrons. The summed E-state index contributed by atoms with van der Waals surface area (Å²) in [5.74, 6) is 0.0103. The summed E-state index contributed by atoms with van der Waals surface area (Å²) in [7, 11) is 0. The highest BCUT2D eigenvalue weighted by molar-refractivity contribution is 5.69. The number of aliphatic hydroxyl groups excluding tert-OH is 1. The highest BCUT2D eigenvalue weighted by Gasteiger charge is 2.06. The van der Waals surface area contributed by atoms with E-state index in [0.29, 0.717) is 13.0 Å². The SMILES string of the molecule is CCCCCCCCCCCCCCCCCCCCCCCCCCCCCCCCCCCCCCCCCCCCCCCCCCCCCCCCCOC(=O)CCCCCCCCCCC(O)CCCCCC. The van der Waals surface area contributed by atoms with Crippen LogP contribution in [-0.2, 0) is 9.53 Å². The van der Waals surface area contributed by atoms with Crippen molar-refractivity contribution < 1.29 is 14.6 Å². The zero-order valence-electron chi connectivity index (χ0n) is 54.5. The van der Waals surface area contributed by atoms with Gasteiger partial charge in [-0.25, -0.2) is 0 Å². The Bertz CT molecular complexity index is 1040. The molecule has 0 saturated carbocycles.